The molecule has 2 aromatic carbocycles. The van der Waals surface area contributed by atoms with Gasteiger partial charge in [-0.05, 0) is 54.5 Å². The molecule has 142 valence electrons. The zero-order chi connectivity index (χ0) is 19.4. The second-order valence-corrected chi connectivity index (χ2v) is 6.25. The zero-order valence-corrected chi connectivity index (χ0v) is 16.2. The Morgan fingerprint density at radius 3 is 2.22 bits per heavy atom. The third-order valence-corrected chi connectivity index (χ3v) is 4.68. The van der Waals surface area contributed by atoms with Crippen molar-refractivity contribution in [2.75, 3.05) is 20.8 Å². The van der Waals surface area contributed by atoms with Gasteiger partial charge in [-0.2, -0.15) is 0 Å². The molecular weight excluding hydrogens is 342 g/mol. The van der Waals surface area contributed by atoms with Gasteiger partial charge in [0.25, 0.3) is 0 Å². The van der Waals surface area contributed by atoms with Crippen molar-refractivity contribution in [1.82, 2.24) is 4.98 Å². The molecule has 0 bridgehead atoms. The van der Waals surface area contributed by atoms with Crippen molar-refractivity contribution in [2.24, 2.45) is 0 Å². The van der Waals surface area contributed by atoms with Crippen LogP contribution in [-0.4, -0.2) is 30.9 Å². The maximum absolute atomic E-state index is 10.5. The monoisotopic (exact) mass is 367 g/mol. The minimum Gasteiger partial charge on any atom is -0.504 e. The van der Waals surface area contributed by atoms with Crippen LogP contribution in [0.2, 0.25) is 0 Å². The summed E-state index contributed by atoms with van der Waals surface area (Å²) in [6.45, 7) is 4.46. The first-order valence-electron chi connectivity index (χ1n) is 9.08. The summed E-state index contributed by atoms with van der Waals surface area (Å²) in [5.74, 6) is 2.24. The normalized spacial score (nSPS) is 10.8. The number of fused-ring (bicyclic) bond motifs is 1. The Bertz CT molecular complexity index is 927. The molecule has 0 atom stereocenters. The lowest BCUT2D eigenvalue weighted by atomic mass is 9.98. The molecule has 0 fully saturated rings. The van der Waals surface area contributed by atoms with Crippen LogP contribution < -0.4 is 14.2 Å². The van der Waals surface area contributed by atoms with E-state index in [0.717, 1.165) is 40.0 Å². The summed E-state index contributed by atoms with van der Waals surface area (Å²) in [5, 5.41) is 12.1. The predicted octanol–water partition coefficient (Wildman–Crippen LogP) is 4.51. The molecule has 0 saturated heterocycles. The van der Waals surface area contributed by atoms with Crippen molar-refractivity contribution in [3.63, 3.8) is 0 Å². The number of phenols is 1. The van der Waals surface area contributed by atoms with Crippen molar-refractivity contribution >= 4 is 10.8 Å². The molecule has 0 aliphatic heterocycles. The Labute approximate surface area is 159 Å². The average Bonchev–Trinajstić information content (AvgIpc) is 2.69. The van der Waals surface area contributed by atoms with Crippen LogP contribution in [0.1, 0.15) is 30.5 Å². The summed E-state index contributed by atoms with van der Waals surface area (Å²) < 4.78 is 16.6. The lowest BCUT2D eigenvalue weighted by Gasteiger charge is -2.15. The molecule has 1 aromatic heterocycles. The quantitative estimate of drug-likeness (QED) is 0.666. The second-order valence-electron chi connectivity index (χ2n) is 6.25. The van der Waals surface area contributed by atoms with E-state index in [1.807, 2.05) is 31.3 Å². The fraction of sp³-hybridized carbons (Fsp3) is 0.318. The van der Waals surface area contributed by atoms with E-state index >= 15 is 0 Å². The largest absolute Gasteiger partial charge is 0.504 e. The lowest BCUT2D eigenvalue weighted by Crippen LogP contribution is -1.99. The molecule has 1 N–H and O–H groups in total. The van der Waals surface area contributed by atoms with Gasteiger partial charge in [0.15, 0.2) is 11.5 Å². The highest BCUT2D eigenvalue weighted by atomic mass is 16.5. The van der Waals surface area contributed by atoms with E-state index in [1.165, 1.54) is 0 Å². The molecule has 3 aromatic rings. The molecule has 0 aliphatic carbocycles. The van der Waals surface area contributed by atoms with Crippen LogP contribution in [0.3, 0.4) is 0 Å². The highest BCUT2D eigenvalue weighted by Crippen LogP contribution is 2.37. The van der Waals surface area contributed by atoms with Gasteiger partial charge in [0.2, 0.25) is 0 Å². The first-order valence-corrected chi connectivity index (χ1v) is 9.08. The third-order valence-electron chi connectivity index (χ3n) is 4.68. The molecule has 1 heterocycles. The fourth-order valence-corrected chi connectivity index (χ4v) is 3.39. The van der Waals surface area contributed by atoms with Gasteiger partial charge < -0.3 is 19.3 Å². The highest BCUT2D eigenvalue weighted by Gasteiger charge is 2.14. The molecule has 0 saturated carbocycles. The van der Waals surface area contributed by atoms with E-state index < -0.39 is 0 Å². The number of aromatic hydroxyl groups is 1. The number of methoxy groups -OCH3 is 2. The SMILES string of the molecule is CCOc1ccc2c(Cc3cc(OC)c(CC)c(OC)c3)cncc2c1O. The van der Waals surface area contributed by atoms with E-state index in [-0.39, 0.29) is 5.75 Å². The third kappa shape index (κ3) is 3.63. The maximum Gasteiger partial charge on any atom is 0.167 e. The van der Waals surface area contributed by atoms with Crippen molar-refractivity contribution in [3.05, 3.63) is 53.3 Å². The molecule has 0 radical (unpaired) electrons. The van der Waals surface area contributed by atoms with E-state index in [4.69, 9.17) is 14.2 Å². The van der Waals surface area contributed by atoms with E-state index in [9.17, 15) is 5.11 Å². The minimum atomic E-state index is 0.125. The number of nitrogens with zero attached hydrogens (tertiary/aromatic N) is 1. The first kappa shape index (κ1) is 18.8. The van der Waals surface area contributed by atoms with Crippen molar-refractivity contribution in [2.45, 2.75) is 26.7 Å². The molecular formula is C22H25NO4. The van der Waals surface area contributed by atoms with Crippen LogP contribution in [0.4, 0.5) is 0 Å². The summed E-state index contributed by atoms with van der Waals surface area (Å²) in [6, 6.07) is 7.83. The topological polar surface area (TPSA) is 60.8 Å². The number of hydrogen-bond acceptors (Lipinski definition) is 5. The smallest absolute Gasteiger partial charge is 0.167 e. The molecule has 0 spiro atoms. The predicted molar refractivity (Wildman–Crippen MR) is 106 cm³/mol. The number of aromatic nitrogens is 1. The van der Waals surface area contributed by atoms with Gasteiger partial charge in [-0.25, -0.2) is 0 Å². The van der Waals surface area contributed by atoms with Crippen LogP contribution >= 0.6 is 0 Å². The number of rotatable bonds is 7. The van der Waals surface area contributed by atoms with Crippen molar-refractivity contribution in [1.29, 1.82) is 0 Å². The van der Waals surface area contributed by atoms with Crippen LogP contribution in [-0.2, 0) is 12.8 Å². The summed E-state index contributed by atoms with van der Waals surface area (Å²) in [6.07, 6.45) is 4.97. The Morgan fingerprint density at radius 2 is 1.63 bits per heavy atom. The Kier molecular flexibility index (Phi) is 5.69. The van der Waals surface area contributed by atoms with Gasteiger partial charge in [-0.3, -0.25) is 4.98 Å². The molecule has 5 heteroatoms. The molecule has 3 rings (SSSR count). The summed E-state index contributed by atoms with van der Waals surface area (Å²) in [4.78, 5) is 4.31. The van der Waals surface area contributed by atoms with Gasteiger partial charge in [0, 0.05) is 23.3 Å². The van der Waals surface area contributed by atoms with Gasteiger partial charge in [0.05, 0.1) is 20.8 Å². The van der Waals surface area contributed by atoms with Crippen molar-refractivity contribution < 1.29 is 19.3 Å². The molecule has 5 nitrogen and oxygen atoms in total. The van der Waals surface area contributed by atoms with E-state index in [2.05, 4.69) is 11.9 Å². The fourth-order valence-electron chi connectivity index (χ4n) is 3.39. The van der Waals surface area contributed by atoms with Gasteiger partial charge in [0.1, 0.15) is 11.5 Å². The Hall–Kier alpha value is -2.95. The lowest BCUT2D eigenvalue weighted by molar-refractivity contribution is 0.320. The van der Waals surface area contributed by atoms with Crippen molar-refractivity contribution in [3.8, 4) is 23.0 Å². The van der Waals surface area contributed by atoms with Gasteiger partial charge in [-0.1, -0.05) is 13.0 Å². The van der Waals surface area contributed by atoms with Gasteiger partial charge in [-0.15, -0.1) is 0 Å². The summed E-state index contributed by atoms with van der Waals surface area (Å²) >= 11 is 0. The number of benzene rings is 2. The Balaban J connectivity index is 2.06. The minimum absolute atomic E-state index is 0.125. The number of pyridine rings is 1. The average molecular weight is 367 g/mol. The number of phenolic OH excluding ortho intramolecular Hbond substituents is 1. The standard InChI is InChI=1S/C22H25NO4/c1-5-16-20(25-3)10-14(11-21(16)26-4)9-15-12-23-13-18-17(15)7-8-19(22(18)24)27-6-2/h7-8,10-13,24H,5-6,9H2,1-4H3. The van der Waals surface area contributed by atoms with Crippen LogP contribution in [0.5, 0.6) is 23.0 Å². The molecule has 0 unspecified atom stereocenters. The molecule has 0 aliphatic rings. The summed E-state index contributed by atoms with van der Waals surface area (Å²) in [7, 11) is 3.34. The number of ether oxygens (including phenoxy) is 3. The number of hydrogen-bond donors (Lipinski definition) is 1. The van der Waals surface area contributed by atoms with Gasteiger partial charge >= 0.3 is 0 Å². The first-order chi connectivity index (χ1) is 13.1. The van der Waals surface area contributed by atoms with E-state index in [0.29, 0.717) is 24.2 Å². The summed E-state index contributed by atoms with van der Waals surface area (Å²) in [5.41, 5.74) is 3.13. The maximum atomic E-state index is 10.5. The van der Waals surface area contributed by atoms with E-state index in [1.54, 1.807) is 26.5 Å². The van der Waals surface area contributed by atoms with Crippen LogP contribution in [0, 0.1) is 0 Å². The molecule has 0 amide bonds. The Morgan fingerprint density at radius 1 is 0.926 bits per heavy atom. The second kappa shape index (κ2) is 8.16. The highest BCUT2D eigenvalue weighted by molar-refractivity contribution is 5.92. The molecule has 27 heavy (non-hydrogen) atoms. The van der Waals surface area contributed by atoms with Crippen LogP contribution in [0.15, 0.2) is 36.7 Å². The zero-order valence-electron chi connectivity index (χ0n) is 16.2. The van der Waals surface area contributed by atoms with Crippen LogP contribution in [0.25, 0.3) is 10.8 Å².